The van der Waals surface area contributed by atoms with E-state index < -0.39 is 15.3 Å². The molecule has 3 heterocycles. The molecule has 1 aromatic carbocycles. The maximum atomic E-state index is 13.7. The van der Waals surface area contributed by atoms with Crippen molar-refractivity contribution in [1.29, 1.82) is 0 Å². The molecular formula is C23H28N4O3S. The Balaban J connectivity index is 1.75. The number of benzene rings is 1. The van der Waals surface area contributed by atoms with Crippen LogP contribution in [0.1, 0.15) is 52.0 Å². The van der Waals surface area contributed by atoms with Crippen LogP contribution in [0.25, 0.3) is 0 Å². The molecule has 1 amide bonds. The van der Waals surface area contributed by atoms with Crippen LogP contribution in [0.2, 0.25) is 0 Å². The maximum Gasteiger partial charge on any atom is 0.252 e. The van der Waals surface area contributed by atoms with Crippen molar-refractivity contribution in [3.8, 4) is 0 Å². The Labute approximate surface area is 183 Å². The number of amides is 1. The van der Waals surface area contributed by atoms with Crippen LogP contribution in [-0.4, -0.2) is 43.2 Å². The molecule has 2 atom stereocenters. The number of fused-ring (bicyclic) bond motifs is 1. The summed E-state index contributed by atoms with van der Waals surface area (Å²) in [6.45, 7) is 6.14. The molecule has 7 nitrogen and oxygen atoms in total. The van der Waals surface area contributed by atoms with Gasteiger partial charge in [0.25, 0.3) is 5.91 Å². The summed E-state index contributed by atoms with van der Waals surface area (Å²) < 4.78 is 26.0. The third-order valence-corrected chi connectivity index (χ3v) is 9.65. The van der Waals surface area contributed by atoms with Crippen LogP contribution in [0.5, 0.6) is 0 Å². The van der Waals surface area contributed by atoms with Crippen LogP contribution in [0.4, 0.5) is 0 Å². The average Bonchev–Trinajstić information content (AvgIpc) is 3.50. The molecule has 1 unspecified atom stereocenters. The lowest BCUT2D eigenvalue weighted by Gasteiger charge is -2.51. The maximum absolute atomic E-state index is 13.7. The lowest BCUT2D eigenvalue weighted by Crippen LogP contribution is -2.58. The van der Waals surface area contributed by atoms with Crippen molar-refractivity contribution in [1.82, 2.24) is 10.2 Å². The van der Waals surface area contributed by atoms with E-state index in [-0.39, 0.29) is 22.9 Å². The molecule has 1 N–H and O–H groups in total. The van der Waals surface area contributed by atoms with Crippen LogP contribution in [0.3, 0.4) is 0 Å². The zero-order chi connectivity index (χ0) is 22.2. The van der Waals surface area contributed by atoms with Crippen molar-refractivity contribution in [2.45, 2.75) is 73.7 Å². The number of azo groups is 1. The summed E-state index contributed by atoms with van der Waals surface area (Å²) >= 11 is 0. The minimum atomic E-state index is -3.35. The number of hydrogen-bond donors (Lipinski definition) is 1. The van der Waals surface area contributed by atoms with Gasteiger partial charge in [0, 0.05) is 30.3 Å². The average molecular weight is 441 g/mol. The van der Waals surface area contributed by atoms with Crippen molar-refractivity contribution in [2.24, 2.45) is 10.2 Å². The molecule has 0 aromatic heterocycles. The molecule has 31 heavy (non-hydrogen) atoms. The second kappa shape index (κ2) is 6.51. The van der Waals surface area contributed by atoms with Crippen LogP contribution in [0.15, 0.2) is 62.4 Å². The third-order valence-electron chi connectivity index (χ3n) is 7.39. The van der Waals surface area contributed by atoms with Crippen LogP contribution >= 0.6 is 0 Å². The first kappa shape index (κ1) is 20.4. The molecule has 164 valence electrons. The van der Waals surface area contributed by atoms with E-state index in [1.54, 1.807) is 29.3 Å². The fourth-order valence-corrected chi connectivity index (χ4v) is 6.94. The number of carbonyl (C=O) groups is 1. The van der Waals surface area contributed by atoms with Gasteiger partial charge in [-0.15, -0.1) is 0 Å². The van der Waals surface area contributed by atoms with Gasteiger partial charge in [0.2, 0.25) is 0 Å². The summed E-state index contributed by atoms with van der Waals surface area (Å²) in [6, 6.07) is 7.18. The van der Waals surface area contributed by atoms with E-state index in [4.69, 9.17) is 0 Å². The summed E-state index contributed by atoms with van der Waals surface area (Å²) in [5.41, 5.74) is 2.18. The Hall–Kier alpha value is -2.48. The van der Waals surface area contributed by atoms with Gasteiger partial charge >= 0.3 is 0 Å². The number of nitrogens with zero attached hydrogens (tertiary/aromatic N) is 3. The monoisotopic (exact) mass is 440 g/mol. The molecular weight excluding hydrogens is 412 g/mol. The van der Waals surface area contributed by atoms with Crippen molar-refractivity contribution >= 4 is 15.7 Å². The molecule has 1 aromatic rings. The molecule has 0 saturated heterocycles. The number of likely N-dealkylation sites (N-methyl/N-ethyl adjacent to an activating group) is 1. The van der Waals surface area contributed by atoms with Crippen molar-refractivity contribution < 1.29 is 13.2 Å². The standard InChI is InChI=1S/C23H28N4O3S/c1-5-23(14-7-6-8-16(11-14)31(29,30)15-9-10-15)17-13-24-26-20(17)25-18-12-22(2,3)27(4)21(28)19(18)23/h6-8,11,13,15,20,25H,5,9-10,12H2,1-4H3/t20?,23-/m0/s1. The number of carbonyl (C=O) groups excluding carboxylic acids is 1. The van der Waals surface area contributed by atoms with E-state index in [2.05, 4.69) is 15.5 Å². The Bertz CT molecular complexity index is 1180. The zero-order valence-electron chi connectivity index (χ0n) is 18.3. The predicted molar refractivity (Wildman–Crippen MR) is 117 cm³/mol. The second-order valence-corrected chi connectivity index (χ2v) is 11.8. The number of hydrogen-bond acceptors (Lipinski definition) is 6. The Kier molecular flexibility index (Phi) is 4.29. The van der Waals surface area contributed by atoms with E-state index in [1.807, 2.05) is 33.9 Å². The smallest absolute Gasteiger partial charge is 0.252 e. The molecule has 5 rings (SSSR count). The molecule has 8 heteroatoms. The van der Waals surface area contributed by atoms with E-state index >= 15 is 0 Å². The van der Waals surface area contributed by atoms with Gasteiger partial charge in [-0.2, -0.15) is 10.2 Å². The lowest BCUT2D eigenvalue weighted by atomic mass is 9.62. The van der Waals surface area contributed by atoms with Gasteiger partial charge in [0.1, 0.15) is 0 Å². The summed E-state index contributed by atoms with van der Waals surface area (Å²) in [7, 11) is -1.51. The molecule has 1 aliphatic carbocycles. The highest BCUT2D eigenvalue weighted by Crippen LogP contribution is 2.52. The molecule has 1 saturated carbocycles. The first-order chi connectivity index (χ1) is 14.6. The minimum absolute atomic E-state index is 0.0395. The highest BCUT2D eigenvalue weighted by molar-refractivity contribution is 7.92. The fourth-order valence-electron chi connectivity index (χ4n) is 5.23. The predicted octanol–water partition coefficient (Wildman–Crippen LogP) is 3.44. The van der Waals surface area contributed by atoms with Crippen LogP contribution in [0, 0.1) is 0 Å². The zero-order valence-corrected chi connectivity index (χ0v) is 19.2. The Morgan fingerprint density at radius 2 is 2.00 bits per heavy atom. The van der Waals surface area contributed by atoms with Gasteiger partial charge in [-0.1, -0.05) is 19.1 Å². The summed E-state index contributed by atoms with van der Waals surface area (Å²) in [5.74, 6) is -0.0395. The van der Waals surface area contributed by atoms with Gasteiger partial charge in [0.15, 0.2) is 16.0 Å². The molecule has 1 fully saturated rings. The summed E-state index contributed by atoms with van der Waals surface area (Å²) in [4.78, 5) is 15.9. The number of sulfone groups is 1. The van der Waals surface area contributed by atoms with E-state index in [9.17, 15) is 13.2 Å². The first-order valence-corrected chi connectivity index (χ1v) is 12.4. The van der Waals surface area contributed by atoms with Crippen molar-refractivity contribution in [3.63, 3.8) is 0 Å². The van der Waals surface area contributed by atoms with E-state index in [0.29, 0.717) is 36.2 Å². The number of nitrogens with one attached hydrogen (secondary N) is 1. The molecule has 0 bridgehead atoms. The van der Waals surface area contributed by atoms with Gasteiger partial charge in [0.05, 0.1) is 27.3 Å². The molecule has 4 aliphatic rings. The summed E-state index contributed by atoms with van der Waals surface area (Å²) in [6.07, 6.45) is 4.11. The highest BCUT2D eigenvalue weighted by Gasteiger charge is 2.54. The van der Waals surface area contributed by atoms with Gasteiger partial charge in [-0.3, -0.25) is 4.79 Å². The molecule has 0 spiro atoms. The van der Waals surface area contributed by atoms with Crippen LogP contribution < -0.4 is 5.32 Å². The number of rotatable bonds is 4. The Morgan fingerprint density at radius 1 is 1.26 bits per heavy atom. The molecule has 0 radical (unpaired) electrons. The SMILES string of the molecule is CC[C@]1(c2cccc(S(=O)(=O)C3CC3)c2)C2=CN=NC2NC2=C1C(=O)N(C)C(C)(C)C2. The fraction of sp³-hybridized carbons (Fsp3) is 0.522. The summed E-state index contributed by atoms with van der Waals surface area (Å²) in [5, 5.41) is 11.7. The normalized spacial score (nSPS) is 29.4. The van der Waals surface area contributed by atoms with Gasteiger partial charge in [-0.05, 0) is 50.8 Å². The van der Waals surface area contributed by atoms with E-state index in [1.165, 1.54) is 0 Å². The lowest BCUT2D eigenvalue weighted by molar-refractivity contribution is -0.132. The van der Waals surface area contributed by atoms with Gasteiger partial charge in [-0.25, -0.2) is 8.42 Å². The minimum Gasteiger partial charge on any atom is -0.362 e. The highest BCUT2D eigenvalue weighted by atomic mass is 32.2. The van der Waals surface area contributed by atoms with Crippen molar-refractivity contribution in [3.05, 3.63) is 52.9 Å². The third kappa shape index (κ3) is 2.76. The topological polar surface area (TPSA) is 91.2 Å². The quantitative estimate of drug-likeness (QED) is 0.776. The van der Waals surface area contributed by atoms with E-state index in [0.717, 1.165) is 16.8 Å². The molecule has 3 aliphatic heterocycles. The Morgan fingerprint density at radius 3 is 2.68 bits per heavy atom. The first-order valence-electron chi connectivity index (χ1n) is 10.9. The van der Waals surface area contributed by atoms with Crippen LogP contribution in [-0.2, 0) is 20.0 Å². The van der Waals surface area contributed by atoms with Crippen molar-refractivity contribution in [2.75, 3.05) is 7.05 Å². The largest absolute Gasteiger partial charge is 0.362 e. The van der Waals surface area contributed by atoms with Gasteiger partial charge < -0.3 is 10.2 Å². The second-order valence-electron chi connectivity index (χ2n) is 9.60.